The molecule has 3 aromatic carbocycles. The van der Waals surface area contributed by atoms with Crippen LogP contribution in [0.3, 0.4) is 0 Å². The van der Waals surface area contributed by atoms with E-state index in [2.05, 4.69) is 82.8 Å². The monoisotopic (exact) mass is 495 g/mol. The van der Waals surface area contributed by atoms with E-state index in [9.17, 15) is 0 Å². The Balaban J connectivity index is 1.34. The molecule has 0 aliphatic rings. The van der Waals surface area contributed by atoms with Crippen molar-refractivity contribution in [1.29, 1.82) is 0 Å². The molecule has 0 bridgehead atoms. The topological polar surface area (TPSA) is 38.7 Å². The summed E-state index contributed by atoms with van der Waals surface area (Å²) in [6, 6.07) is 37.2. The second-order valence-electron chi connectivity index (χ2n) is 8.77. The maximum Gasteiger partial charge on any atom is 0.0731 e. The molecule has 4 heteroatoms. The van der Waals surface area contributed by atoms with Crippen molar-refractivity contribution in [1.82, 2.24) is 15.0 Å². The first-order valence-corrected chi connectivity index (χ1v) is 12.4. The van der Waals surface area contributed by atoms with Gasteiger partial charge in [-0.15, -0.1) is 0 Å². The first-order valence-electron chi connectivity index (χ1n) is 12.0. The van der Waals surface area contributed by atoms with Crippen molar-refractivity contribution in [2.45, 2.75) is 0 Å². The first-order chi connectivity index (χ1) is 18.2. The first kappa shape index (κ1) is 22.8. The lowest BCUT2D eigenvalue weighted by Crippen LogP contribution is -1.92. The molecule has 6 rings (SSSR count). The Kier molecular flexibility index (Phi) is 6.28. The number of benzene rings is 3. The molecule has 0 saturated heterocycles. The van der Waals surface area contributed by atoms with Gasteiger partial charge < -0.3 is 0 Å². The van der Waals surface area contributed by atoms with Crippen molar-refractivity contribution in [3.05, 3.63) is 139 Å². The SMILES string of the molecule is Clc1cccc(-c2ccc(-c3ccc(-c4cc(-c5cccnc5)cc(-c5cccnc5)n4)cc3)cc2)c1. The molecule has 0 aliphatic heterocycles. The largest absolute Gasteiger partial charge is 0.264 e. The second-order valence-corrected chi connectivity index (χ2v) is 9.21. The van der Waals surface area contributed by atoms with Gasteiger partial charge in [0.1, 0.15) is 0 Å². The van der Waals surface area contributed by atoms with Gasteiger partial charge in [0.25, 0.3) is 0 Å². The lowest BCUT2D eigenvalue weighted by Gasteiger charge is -2.11. The zero-order chi connectivity index (χ0) is 25.0. The van der Waals surface area contributed by atoms with Gasteiger partial charge in [-0.25, -0.2) is 4.98 Å². The molecule has 37 heavy (non-hydrogen) atoms. The van der Waals surface area contributed by atoms with Gasteiger partial charge in [0, 0.05) is 46.5 Å². The summed E-state index contributed by atoms with van der Waals surface area (Å²) in [5.74, 6) is 0. The van der Waals surface area contributed by atoms with Crippen LogP contribution in [0.2, 0.25) is 5.02 Å². The molecule has 0 radical (unpaired) electrons. The van der Waals surface area contributed by atoms with Crippen molar-refractivity contribution in [3.63, 3.8) is 0 Å². The summed E-state index contributed by atoms with van der Waals surface area (Å²) in [4.78, 5) is 13.6. The average Bonchev–Trinajstić information content (AvgIpc) is 2.98. The molecule has 0 fully saturated rings. The molecule has 3 heterocycles. The normalized spacial score (nSPS) is 10.8. The van der Waals surface area contributed by atoms with E-state index in [1.54, 1.807) is 12.4 Å². The minimum Gasteiger partial charge on any atom is -0.264 e. The van der Waals surface area contributed by atoms with Crippen LogP contribution in [0.4, 0.5) is 0 Å². The Morgan fingerprint density at radius 1 is 0.405 bits per heavy atom. The van der Waals surface area contributed by atoms with Crippen molar-refractivity contribution < 1.29 is 0 Å². The Hall–Kier alpha value is -4.60. The van der Waals surface area contributed by atoms with Crippen LogP contribution in [-0.4, -0.2) is 15.0 Å². The molecular weight excluding hydrogens is 474 g/mol. The van der Waals surface area contributed by atoms with Gasteiger partial charge in [0.15, 0.2) is 0 Å². The lowest BCUT2D eigenvalue weighted by molar-refractivity contribution is 1.27. The van der Waals surface area contributed by atoms with Gasteiger partial charge in [-0.2, -0.15) is 0 Å². The van der Waals surface area contributed by atoms with E-state index >= 15 is 0 Å². The van der Waals surface area contributed by atoms with E-state index < -0.39 is 0 Å². The number of hydrogen-bond donors (Lipinski definition) is 0. The van der Waals surface area contributed by atoms with Crippen molar-refractivity contribution in [2.75, 3.05) is 0 Å². The maximum absolute atomic E-state index is 6.17. The summed E-state index contributed by atoms with van der Waals surface area (Å²) in [6.07, 6.45) is 7.28. The van der Waals surface area contributed by atoms with Crippen LogP contribution in [0, 0.1) is 0 Å². The third-order valence-electron chi connectivity index (χ3n) is 6.33. The van der Waals surface area contributed by atoms with Crippen LogP contribution in [0.5, 0.6) is 0 Å². The molecule has 0 amide bonds. The standard InChI is InChI=1S/C33H22ClN3/c34-31-7-1-4-27(18-31)25-10-8-23(9-11-25)24-12-14-26(15-13-24)32-19-30(28-5-2-16-35-21-28)20-33(37-32)29-6-3-17-36-22-29/h1-22H. The van der Waals surface area contributed by atoms with Crippen LogP contribution in [-0.2, 0) is 0 Å². The highest BCUT2D eigenvalue weighted by molar-refractivity contribution is 6.30. The summed E-state index contributed by atoms with van der Waals surface area (Å²) in [5.41, 5.74) is 10.5. The summed E-state index contributed by atoms with van der Waals surface area (Å²) < 4.78 is 0. The lowest BCUT2D eigenvalue weighted by atomic mass is 9.98. The fraction of sp³-hybridized carbons (Fsp3) is 0. The molecule has 3 nitrogen and oxygen atoms in total. The van der Waals surface area contributed by atoms with Crippen LogP contribution in [0.15, 0.2) is 134 Å². The zero-order valence-corrected chi connectivity index (χ0v) is 20.7. The van der Waals surface area contributed by atoms with Gasteiger partial charge in [-0.3, -0.25) is 9.97 Å². The Morgan fingerprint density at radius 2 is 0.919 bits per heavy atom. The predicted molar refractivity (Wildman–Crippen MR) is 152 cm³/mol. The highest BCUT2D eigenvalue weighted by Crippen LogP contribution is 2.32. The number of nitrogens with zero attached hydrogens (tertiary/aromatic N) is 3. The highest BCUT2D eigenvalue weighted by Gasteiger charge is 2.10. The fourth-order valence-electron chi connectivity index (χ4n) is 4.40. The number of rotatable bonds is 5. The van der Waals surface area contributed by atoms with E-state index in [1.165, 1.54) is 0 Å². The molecule has 6 aromatic rings. The Bertz CT molecular complexity index is 1590. The third kappa shape index (κ3) is 5.04. The van der Waals surface area contributed by atoms with Crippen LogP contribution in [0.1, 0.15) is 0 Å². The Labute approximate surface area is 221 Å². The minimum atomic E-state index is 0.741. The number of hydrogen-bond acceptors (Lipinski definition) is 3. The van der Waals surface area contributed by atoms with E-state index in [0.717, 1.165) is 60.9 Å². The zero-order valence-electron chi connectivity index (χ0n) is 19.9. The predicted octanol–water partition coefficient (Wildman–Crippen LogP) is 8.86. The van der Waals surface area contributed by atoms with Crippen LogP contribution >= 0.6 is 11.6 Å². The van der Waals surface area contributed by atoms with E-state index in [-0.39, 0.29) is 0 Å². The highest BCUT2D eigenvalue weighted by atomic mass is 35.5. The van der Waals surface area contributed by atoms with Gasteiger partial charge in [0.05, 0.1) is 11.4 Å². The van der Waals surface area contributed by atoms with Crippen molar-refractivity contribution in [3.8, 4) is 55.9 Å². The van der Waals surface area contributed by atoms with E-state index in [1.807, 2.05) is 48.8 Å². The number of halogens is 1. The number of pyridine rings is 3. The Morgan fingerprint density at radius 3 is 1.49 bits per heavy atom. The van der Waals surface area contributed by atoms with Crippen molar-refractivity contribution >= 4 is 11.6 Å². The van der Waals surface area contributed by atoms with Gasteiger partial charge >= 0.3 is 0 Å². The fourth-order valence-corrected chi connectivity index (χ4v) is 4.59. The van der Waals surface area contributed by atoms with Gasteiger partial charge in [-0.05, 0) is 70.3 Å². The molecule has 176 valence electrons. The molecular formula is C33H22ClN3. The number of aromatic nitrogens is 3. The average molecular weight is 496 g/mol. The molecule has 0 atom stereocenters. The second kappa shape index (κ2) is 10.2. The maximum atomic E-state index is 6.17. The molecule has 0 N–H and O–H groups in total. The molecule has 3 aromatic heterocycles. The quantitative estimate of drug-likeness (QED) is 0.240. The summed E-state index contributed by atoms with van der Waals surface area (Å²) in [7, 11) is 0. The molecule has 0 aliphatic carbocycles. The van der Waals surface area contributed by atoms with E-state index in [0.29, 0.717) is 0 Å². The van der Waals surface area contributed by atoms with Gasteiger partial charge in [0.2, 0.25) is 0 Å². The van der Waals surface area contributed by atoms with Crippen LogP contribution in [0.25, 0.3) is 55.9 Å². The smallest absolute Gasteiger partial charge is 0.0731 e. The van der Waals surface area contributed by atoms with Crippen molar-refractivity contribution in [2.24, 2.45) is 0 Å². The van der Waals surface area contributed by atoms with Gasteiger partial charge in [-0.1, -0.05) is 78.3 Å². The summed E-state index contributed by atoms with van der Waals surface area (Å²) in [6.45, 7) is 0. The molecule has 0 spiro atoms. The minimum absolute atomic E-state index is 0.741. The van der Waals surface area contributed by atoms with E-state index in [4.69, 9.17) is 16.6 Å². The third-order valence-corrected chi connectivity index (χ3v) is 6.57. The summed E-state index contributed by atoms with van der Waals surface area (Å²) in [5, 5.41) is 0.741. The van der Waals surface area contributed by atoms with Crippen LogP contribution < -0.4 is 0 Å². The summed E-state index contributed by atoms with van der Waals surface area (Å²) >= 11 is 6.17. The molecule has 0 unspecified atom stereocenters. The molecule has 0 saturated carbocycles.